The molecule has 8 aromatic heterocycles. The van der Waals surface area contributed by atoms with Gasteiger partial charge in [0, 0.05) is 72.9 Å². The predicted molar refractivity (Wildman–Crippen MR) is 306 cm³/mol. The molecule has 8 heterocycles. The maximum atomic E-state index is 6.09. The highest BCUT2D eigenvalue weighted by Crippen LogP contribution is 2.36. The quantitative estimate of drug-likeness (QED) is 0.123. The molecule has 0 fully saturated rings. The fraction of sp³-hybridized carbons (Fsp3) is 0.0667. The minimum absolute atomic E-state index is 0.336. The van der Waals surface area contributed by atoms with E-state index >= 15 is 0 Å². The molecule has 0 aliphatic heterocycles. The normalized spacial score (nSPS) is 12.6. The smallest absolute Gasteiger partial charge is 0.327 e. The summed E-state index contributed by atoms with van der Waals surface area (Å²) in [5.74, 6) is 2.27. The summed E-state index contributed by atoms with van der Waals surface area (Å²) in [6.07, 6.45) is 7.23. The summed E-state index contributed by atoms with van der Waals surface area (Å²) in [4.78, 5) is 40.9. The highest BCUT2D eigenvalue weighted by molar-refractivity contribution is 7.20. The van der Waals surface area contributed by atoms with Crippen LogP contribution in [0.25, 0.3) is 64.6 Å². The summed E-state index contributed by atoms with van der Waals surface area (Å²) in [7, 11) is 0. The van der Waals surface area contributed by atoms with Crippen LogP contribution in [0.5, 0.6) is 0 Å². The Morgan fingerprint density at radius 3 is 1.09 bits per heavy atom. The predicted octanol–water partition coefficient (Wildman–Crippen LogP) is 8.56. The largest absolute Gasteiger partial charge is 0.441 e. The molecule has 0 amide bonds. The lowest BCUT2D eigenvalue weighted by atomic mass is 9.50. The first kappa shape index (κ1) is 45.5. The van der Waals surface area contributed by atoms with E-state index in [9.17, 15) is 0 Å². The molecule has 0 spiro atoms. The second-order valence-electron chi connectivity index (χ2n) is 18.8. The number of rotatable bonds is 10. The Bertz CT molecular complexity index is 4160. The molecule has 6 aromatic carbocycles. The fourth-order valence-corrected chi connectivity index (χ4v) is 13.1. The summed E-state index contributed by atoms with van der Waals surface area (Å²) >= 11 is 3.18. The van der Waals surface area contributed by atoms with Gasteiger partial charge in [0.05, 0.1) is 42.3 Å². The van der Waals surface area contributed by atoms with Gasteiger partial charge in [-0.15, -0.1) is 22.7 Å². The van der Waals surface area contributed by atoms with E-state index < -0.39 is 0 Å². The van der Waals surface area contributed by atoms with E-state index in [0.29, 0.717) is 34.6 Å². The standard InChI is InChI=1S/C60H42B2N10O2S2/c1-35-51-52(56(71(35)61(39-19-9-5-10-20-39)40-21-11-6-12-22-40)54(58-65-29-18-30-66-58)60-70-46-32-44-48(34-50(46)76-60)74-38(4)68-44)36(2)72(62(41-23-13-7-14-24-41)42-25-15-8-16-26-42)55(51)53(57-63-27-17-28-64-57)59-69-45-31-43-47(33-49(45)75-59)73-37(3)67-43/h5-34H,1-4H3/b55-53-,56-54-. The average Bonchev–Trinajstić information content (AvgIpc) is 4.32. The number of aryl methyl sites for hydroxylation is 4. The van der Waals surface area contributed by atoms with E-state index in [1.165, 1.54) is 0 Å². The number of fused-ring (bicyclic) bond motifs is 5. The van der Waals surface area contributed by atoms with Crippen molar-refractivity contribution in [1.29, 1.82) is 0 Å². The lowest BCUT2D eigenvalue weighted by Crippen LogP contribution is -2.54. The van der Waals surface area contributed by atoms with Crippen LogP contribution < -0.4 is 32.5 Å². The van der Waals surface area contributed by atoms with Gasteiger partial charge in [0.1, 0.15) is 21.0 Å². The molecule has 0 unspecified atom stereocenters. The SMILES string of the molecule is Cc1nc2cc3nc(/C(c4ncccn4)=c4/c5c(C)n(B(c6ccccc6)c6ccccc6)/c(=C(/c6ncccn6)c6nc7cc8nc(C)oc8cc7s6)c5c(C)n4B(c4ccccc4)c4ccccc4)sc3cc2o1. The lowest BCUT2D eigenvalue weighted by molar-refractivity contribution is 0.561. The van der Waals surface area contributed by atoms with Crippen molar-refractivity contribution in [3.63, 3.8) is 0 Å². The number of nitrogens with zero attached hydrogens (tertiary/aromatic N) is 10. The summed E-state index contributed by atoms with van der Waals surface area (Å²) < 4.78 is 19.1. The molecule has 14 rings (SSSR count). The lowest BCUT2D eigenvalue weighted by Gasteiger charge is -2.23. The molecule has 0 saturated carbocycles. The topological polar surface area (TPSA) is 139 Å². The van der Waals surface area contributed by atoms with E-state index in [1.807, 2.05) is 75.0 Å². The molecular weight excluding hydrogens is 978 g/mol. The number of thiazole rings is 2. The molecule has 76 heavy (non-hydrogen) atoms. The minimum atomic E-state index is -0.336. The zero-order chi connectivity index (χ0) is 51.0. The molecule has 16 heteroatoms. The minimum Gasteiger partial charge on any atom is -0.441 e. The number of benzene rings is 6. The molecular formula is C60H42B2N10O2S2. The number of hydrogen-bond donors (Lipinski definition) is 0. The number of hydrogen-bond acceptors (Lipinski definition) is 12. The third-order valence-corrected chi connectivity index (χ3v) is 16.2. The van der Waals surface area contributed by atoms with Gasteiger partial charge in [-0.05, 0) is 38.1 Å². The van der Waals surface area contributed by atoms with Gasteiger partial charge in [0.2, 0.25) is 0 Å². The average molecular weight is 1020 g/mol. The Morgan fingerprint density at radius 2 is 0.750 bits per heavy atom. The van der Waals surface area contributed by atoms with Crippen molar-refractivity contribution in [2.45, 2.75) is 27.7 Å². The van der Waals surface area contributed by atoms with Crippen LogP contribution in [0.3, 0.4) is 0 Å². The van der Waals surface area contributed by atoms with Crippen molar-refractivity contribution < 1.29 is 8.83 Å². The van der Waals surface area contributed by atoms with E-state index in [2.05, 4.69) is 144 Å². The molecule has 0 radical (unpaired) electrons. The molecule has 12 nitrogen and oxygen atoms in total. The second-order valence-corrected chi connectivity index (χ2v) is 20.8. The van der Waals surface area contributed by atoms with Crippen LogP contribution in [0.1, 0.15) is 44.8 Å². The van der Waals surface area contributed by atoms with Crippen LogP contribution >= 0.6 is 22.7 Å². The Balaban J connectivity index is 1.25. The van der Waals surface area contributed by atoms with Crippen LogP contribution in [-0.4, -0.2) is 62.5 Å². The summed E-state index contributed by atoms with van der Waals surface area (Å²) in [5.41, 5.74) is 12.5. The van der Waals surface area contributed by atoms with Crippen LogP contribution in [-0.2, 0) is 0 Å². The van der Waals surface area contributed by atoms with Crippen molar-refractivity contribution in [2.24, 2.45) is 0 Å². The molecule has 0 aliphatic rings. The van der Waals surface area contributed by atoms with Crippen molar-refractivity contribution in [3.05, 3.63) is 238 Å². The molecule has 0 aliphatic carbocycles. The molecule has 0 bridgehead atoms. The summed E-state index contributed by atoms with van der Waals surface area (Å²) in [6.45, 7) is 7.55. The van der Waals surface area contributed by atoms with Crippen LogP contribution in [0.2, 0.25) is 0 Å². The Labute approximate surface area is 443 Å². The van der Waals surface area contributed by atoms with E-state index in [1.54, 1.807) is 22.7 Å². The van der Waals surface area contributed by atoms with Crippen molar-refractivity contribution in [3.8, 4) is 0 Å². The van der Waals surface area contributed by atoms with Gasteiger partial charge in [-0.1, -0.05) is 143 Å². The maximum absolute atomic E-state index is 6.09. The highest BCUT2D eigenvalue weighted by Gasteiger charge is 2.36. The van der Waals surface area contributed by atoms with E-state index in [0.717, 1.165) is 107 Å². The van der Waals surface area contributed by atoms with Gasteiger partial charge in [0.15, 0.2) is 34.6 Å². The molecule has 362 valence electrons. The Morgan fingerprint density at radius 1 is 0.408 bits per heavy atom. The third-order valence-electron chi connectivity index (χ3n) is 14.1. The van der Waals surface area contributed by atoms with Gasteiger partial charge >= 0.3 is 13.7 Å². The summed E-state index contributed by atoms with van der Waals surface area (Å²) in [6, 6.07) is 54.7. The molecule has 0 N–H and O–H groups in total. The first-order valence-corrected chi connectivity index (χ1v) is 26.6. The molecule has 14 aromatic rings. The first-order valence-electron chi connectivity index (χ1n) is 25.0. The van der Waals surface area contributed by atoms with Gasteiger partial charge in [-0.25, -0.2) is 39.9 Å². The third kappa shape index (κ3) is 7.58. The maximum Gasteiger partial charge on any atom is 0.327 e. The van der Waals surface area contributed by atoms with Gasteiger partial charge in [-0.3, -0.25) is 0 Å². The van der Waals surface area contributed by atoms with Crippen LogP contribution in [0.4, 0.5) is 0 Å². The van der Waals surface area contributed by atoms with E-state index in [4.69, 9.17) is 48.7 Å². The van der Waals surface area contributed by atoms with Gasteiger partial charge in [-0.2, -0.15) is 0 Å². The van der Waals surface area contributed by atoms with Crippen molar-refractivity contribution >= 4 is 123 Å². The molecule has 0 saturated heterocycles. The van der Waals surface area contributed by atoms with Gasteiger partial charge < -0.3 is 17.8 Å². The van der Waals surface area contributed by atoms with E-state index in [-0.39, 0.29) is 13.7 Å². The molecule has 0 atom stereocenters. The van der Waals surface area contributed by atoms with Crippen molar-refractivity contribution in [2.75, 3.05) is 0 Å². The number of oxazole rings is 2. The fourth-order valence-electron chi connectivity index (χ4n) is 11.0. The Kier molecular flexibility index (Phi) is 11.0. The van der Waals surface area contributed by atoms with Crippen molar-refractivity contribution in [1.82, 2.24) is 48.8 Å². The zero-order valence-electron chi connectivity index (χ0n) is 41.6. The second kappa shape index (κ2) is 18.4. The number of aromatic nitrogens is 10. The van der Waals surface area contributed by atoms with Crippen LogP contribution in [0, 0.1) is 27.7 Å². The zero-order valence-corrected chi connectivity index (χ0v) is 43.2. The highest BCUT2D eigenvalue weighted by atomic mass is 32.1. The first-order chi connectivity index (χ1) is 37.3. The Hall–Kier alpha value is -9.11. The monoisotopic (exact) mass is 1020 g/mol. The summed E-state index contributed by atoms with van der Waals surface area (Å²) in [5, 5.41) is 5.31. The van der Waals surface area contributed by atoms with Gasteiger partial charge in [0.25, 0.3) is 0 Å². The van der Waals surface area contributed by atoms with Crippen LogP contribution in [0.15, 0.2) is 191 Å².